The van der Waals surface area contributed by atoms with Gasteiger partial charge in [-0.3, -0.25) is 0 Å². The van der Waals surface area contributed by atoms with Gasteiger partial charge >= 0.3 is 0 Å². The Bertz CT molecular complexity index is 493. The summed E-state index contributed by atoms with van der Waals surface area (Å²) in [6.07, 6.45) is 3.88. The summed E-state index contributed by atoms with van der Waals surface area (Å²) in [6, 6.07) is 9.90. The summed E-state index contributed by atoms with van der Waals surface area (Å²) in [5.74, 6) is 0. The van der Waals surface area contributed by atoms with E-state index in [1.165, 1.54) is 0 Å². The summed E-state index contributed by atoms with van der Waals surface area (Å²) < 4.78 is 7.62. The Hall–Kier alpha value is -1.65. The van der Waals surface area contributed by atoms with E-state index in [-0.39, 0.29) is 12.1 Å². The summed E-state index contributed by atoms with van der Waals surface area (Å²) in [7, 11) is 0. The van der Waals surface area contributed by atoms with Crippen molar-refractivity contribution in [3.05, 3.63) is 54.1 Å². The van der Waals surface area contributed by atoms with E-state index in [1.54, 1.807) is 0 Å². The van der Waals surface area contributed by atoms with Crippen LogP contribution in [-0.4, -0.2) is 22.3 Å². The average molecular weight is 259 g/mol. The van der Waals surface area contributed by atoms with Gasteiger partial charge in [0.05, 0.1) is 37.0 Å². The van der Waals surface area contributed by atoms with Crippen molar-refractivity contribution in [2.24, 2.45) is 5.73 Å². The largest absolute Gasteiger partial charge is 0.377 e. The zero-order valence-corrected chi connectivity index (χ0v) is 11.5. The number of hydrogen-bond acceptors (Lipinski definition) is 3. The molecule has 4 nitrogen and oxygen atoms in total. The minimum Gasteiger partial charge on any atom is -0.377 e. The first kappa shape index (κ1) is 13.8. The molecule has 1 unspecified atom stereocenters. The lowest BCUT2D eigenvalue weighted by atomic mass is 10.1. The highest BCUT2D eigenvalue weighted by Crippen LogP contribution is 2.18. The summed E-state index contributed by atoms with van der Waals surface area (Å²) in [6.45, 7) is 5.51. The van der Waals surface area contributed by atoms with Crippen LogP contribution in [0.25, 0.3) is 0 Å². The molecule has 0 bridgehead atoms. The lowest BCUT2D eigenvalue weighted by molar-refractivity contribution is 0.0723. The molecule has 4 heteroatoms. The van der Waals surface area contributed by atoms with Gasteiger partial charge in [-0.15, -0.1) is 0 Å². The second-order valence-electron chi connectivity index (χ2n) is 4.82. The van der Waals surface area contributed by atoms with Gasteiger partial charge in [0.1, 0.15) is 0 Å². The minimum absolute atomic E-state index is 0.150. The average Bonchev–Trinajstić information content (AvgIpc) is 2.87. The third-order valence-corrected chi connectivity index (χ3v) is 3.01. The molecule has 0 fully saturated rings. The fraction of sp³-hybridized carbons (Fsp3) is 0.400. The van der Waals surface area contributed by atoms with Crippen LogP contribution in [0.1, 0.15) is 31.1 Å². The summed E-state index contributed by atoms with van der Waals surface area (Å²) in [4.78, 5) is 4.19. The summed E-state index contributed by atoms with van der Waals surface area (Å²) >= 11 is 0. The number of aromatic nitrogens is 2. The van der Waals surface area contributed by atoms with E-state index in [0.29, 0.717) is 6.61 Å². The lowest BCUT2D eigenvalue weighted by Gasteiger charge is -2.15. The highest BCUT2D eigenvalue weighted by molar-refractivity contribution is 5.26. The first-order valence-electron chi connectivity index (χ1n) is 6.60. The maximum atomic E-state index is 6.29. The molecule has 0 radical (unpaired) electrons. The molecule has 0 saturated heterocycles. The molecule has 1 heterocycles. The van der Waals surface area contributed by atoms with Gasteiger partial charge < -0.3 is 15.0 Å². The van der Waals surface area contributed by atoms with E-state index in [9.17, 15) is 0 Å². The molecule has 19 heavy (non-hydrogen) atoms. The highest BCUT2D eigenvalue weighted by Gasteiger charge is 2.13. The third kappa shape index (κ3) is 3.66. The minimum atomic E-state index is -0.150. The Kier molecular flexibility index (Phi) is 4.71. The van der Waals surface area contributed by atoms with Crippen molar-refractivity contribution in [3.63, 3.8) is 0 Å². The summed E-state index contributed by atoms with van der Waals surface area (Å²) in [5, 5.41) is 0. The van der Waals surface area contributed by atoms with E-state index in [0.717, 1.165) is 17.8 Å². The Labute approximate surface area is 114 Å². The van der Waals surface area contributed by atoms with Crippen molar-refractivity contribution in [2.45, 2.75) is 32.5 Å². The number of ether oxygens (including phenoxy) is 1. The van der Waals surface area contributed by atoms with Crippen molar-refractivity contribution in [1.29, 1.82) is 0 Å². The quantitative estimate of drug-likeness (QED) is 0.866. The second-order valence-corrected chi connectivity index (χ2v) is 4.82. The van der Waals surface area contributed by atoms with Crippen LogP contribution >= 0.6 is 0 Å². The predicted octanol–water partition coefficient (Wildman–Crippen LogP) is 2.36. The van der Waals surface area contributed by atoms with Crippen LogP contribution < -0.4 is 5.73 Å². The lowest BCUT2D eigenvalue weighted by Crippen LogP contribution is -2.18. The van der Waals surface area contributed by atoms with Crippen molar-refractivity contribution in [1.82, 2.24) is 9.55 Å². The van der Waals surface area contributed by atoms with Crippen LogP contribution in [0.5, 0.6) is 0 Å². The Morgan fingerprint density at radius 2 is 2.00 bits per heavy atom. The van der Waals surface area contributed by atoms with Gasteiger partial charge in [0.25, 0.3) is 0 Å². The standard InChI is InChI=1S/C15H21N3O/c1-12(2)19-9-8-18-11-17-10-14(18)15(16)13-6-4-3-5-7-13/h3-7,10-12,15H,8-9,16H2,1-2H3. The molecule has 0 aliphatic heterocycles. The van der Waals surface area contributed by atoms with Gasteiger partial charge in [-0.1, -0.05) is 30.3 Å². The normalized spacial score (nSPS) is 12.8. The fourth-order valence-corrected chi connectivity index (χ4v) is 1.99. The fourth-order valence-electron chi connectivity index (χ4n) is 1.99. The maximum absolute atomic E-state index is 6.29. The molecule has 0 amide bonds. The highest BCUT2D eigenvalue weighted by atomic mass is 16.5. The van der Waals surface area contributed by atoms with E-state index in [4.69, 9.17) is 10.5 Å². The molecular formula is C15H21N3O. The van der Waals surface area contributed by atoms with E-state index >= 15 is 0 Å². The van der Waals surface area contributed by atoms with Crippen molar-refractivity contribution >= 4 is 0 Å². The first-order valence-corrected chi connectivity index (χ1v) is 6.60. The SMILES string of the molecule is CC(C)OCCn1cncc1C(N)c1ccccc1. The molecule has 2 rings (SSSR count). The zero-order valence-electron chi connectivity index (χ0n) is 11.5. The maximum Gasteiger partial charge on any atom is 0.0949 e. The van der Waals surface area contributed by atoms with Crippen molar-refractivity contribution in [2.75, 3.05) is 6.61 Å². The van der Waals surface area contributed by atoms with Crippen LogP contribution in [0.15, 0.2) is 42.9 Å². The second kappa shape index (κ2) is 6.50. The predicted molar refractivity (Wildman–Crippen MR) is 75.8 cm³/mol. The first-order chi connectivity index (χ1) is 9.18. The molecule has 102 valence electrons. The van der Waals surface area contributed by atoms with Gasteiger partial charge in [0, 0.05) is 6.54 Å². The monoisotopic (exact) mass is 259 g/mol. The van der Waals surface area contributed by atoms with E-state index in [2.05, 4.69) is 9.55 Å². The Morgan fingerprint density at radius 3 is 2.68 bits per heavy atom. The van der Waals surface area contributed by atoms with E-state index < -0.39 is 0 Å². The summed E-state index contributed by atoms with van der Waals surface area (Å²) in [5.41, 5.74) is 8.40. The molecule has 1 aromatic heterocycles. The Morgan fingerprint density at radius 1 is 1.26 bits per heavy atom. The number of benzene rings is 1. The van der Waals surface area contributed by atoms with Crippen LogP contribution in [0.4, 0.5) is 0 Å². The molecule has 0 aliphatic rings. The molecule has 2 N–H and O–H groups in total. The van der Waals surface area contributed by atoms with Gasteiger partial charge in [0.2, 0.25) is 0 Å². The van der Waals surface area contributed by atoms with Gasteiger partial charge in [-0.05, 0) is 19.4 Å². The number of hydrogen-bond donors (Lipinski definition) is 1. The van der Waals surface area contributed by atoms with Crippen LogP contribution in [-0.2, 0) is 11.3 Å². The Balaban J connectivity index is 2.06. The van der Waals surface area contributed by atoms with Crippen molar-refractivity contribution < 1.29 is 4.74 Å². The van der Waals surface area contributed by atoms with Crippen LogP contribution in [0.3, 0.4) is 0 Å². The molecule has 1 atom stereocenters. The molecule has 2 aromatic rings. The van der Waals surface area contributed by atoms with Crippen LogP contribution in [0.2, 0.25) is 0 Å². The molecule has 0 aliphatic carbocycles. The third-order valence-electron chi connectivity index (χ3n) is 3.01. The molecule has 0 saturated carbocycles. The molecule has 0 spiro atoms. The zero-order chi connectivity index (χ0) is 13.7. The van der Waals surface area contributed by atoms with E-state index in [1.807, 2.05) is 56.7 Å². The topological polar surface area (TPSA) is 53.1 Å². The number of imidazole rings is 1. The van der Waals surface area contributed by atoms with Gasteiger partial charge in [-0.2, -0.15) is 0 Å². The smallest absolute Gasteiger partial charge is 0.0949 e. The van der Waals surface area contributed by atoms with Crippen molar-refractivity contribution in [3.8, 4) is 0 Å². The van der Waals surface area contributed by atoms with Gasteiger partial charge in [0.15, 0.2) is 0 Å². The van der Waals surface area contributed by atoms with Gasteiger partial charge in [-0.25, -0.2) is 4.98 Å². The number of nitrogens with zero attached hydrogens (tertiary/aromatic N) is 2. The number of rotatable bonds is 6. The molecule has 1 aromatic carbocycles. The van der Waals surface area contributed by atoms with Crippen LogP contribution in [0, 0.1) is 0 Å². The number of nitrogens with two attached hydrogens (primary N) is 1. The molecular weight excluding hydrogens is 238 g/mol.